The maximum absolute atomic E-state index is 12.6. The molecular weight excluding hydrogens is 565 g/mol. The number of rotatable bonds is 6. The monoisotopic (exact) mass is 588 g/mol. The van der Waals surface area contributed by atoms with Gasteiger partial charge in [0, 0.05) is 26.8 Å². The van der Waals surface area contributed by atoms with E-state index in [4.69, 9.17) is 4.74 Å². The Morgan fingerprint density at radius 1 is 1.00 bits per heavy atom. The first-order valence-corrected chi connectivity index (χ1v) is 13.2. The van der Waals surface area contributed by atoms with E-state index in [1.807, 2.05) is 48.5 Å². The van der Waals surface area contributed by atoms with E-state index in [1.165, 1.54) is 19.8 Å². The van der Waals surface area contributed by atoms with Gasteiger partial charge in [-0.15, -0.1) is 0 Å². The number of pyridine rings is 1. The fraction of sp³-hybridized carbons (Fsp3) is 0.167. The number of amides is 3. The molecule has 0 atom stereocenters. The molecule has 3 amide bonds. The van der Waals surface area contributed by atoms with E-state index < -0.39 is 21.2 Å². The van der Waals surface area contributed by atoms with E-state index in [-0.39, 0.29) is 11.9 Å². The van der Waals surface area contributed by atoms with E-state index in [0.29, 0.717) is 10.8 Å². The lowest BCUT2D eigenvalue weighted by atomic mass is 10.3. The van der Waals surface area contributed by atoms with Crippen molar-refractivity contribution in [2.24, 2.45) is 0 Å². The topological polar surface area (TPSA) is 87.7 Å². The summed E-state index contributed by atoms with van der Waals surface area (Å²) in [5.74, 6) is 0.451. The third kappa shape index (κ3) is 5.45. The number of nitrogens with zero attached hydrogens (tertiary/aromatic N) is 4. The van der Waals surface area contributed by atoms with Crippen LogP contribution in [-0.4, -0.2) is 55.1 Å². The van der Waals surface area contributed by atoms with E-state index >= 15 is 0 Å². The lowest BCUT2D eigenvalue weighted by molar-refractivity contribution is -0.597. The third-order valence-corrected chi connectivity index (χ3v) is 8.41. The van der Waals surface area contributed by atoms with Gasteiger partial charge in [0.1, 0.15) is 11.4 Å². The Morgan fingerprint density at radius 3 is 2.38 bits per heavy atom. The number of ether oxygens (including phenoxy) is 1. The molecule has 0 radical (unpaired) electrons. The second-order valence-electron chi connectivity index (χ2n) is 7.48. The van der Waals surface area contributed by atoms with Gasteiger partial charge >= 0.3 is 27.2 Å². The molecule has 0 bridgehead atoms. The summed E-state index contributed by atoms with van der Waals surface area (Å²) in [5.41, 5.74) is 1.98. The lowest BCUT2D eigenvalue weighted by Crippen LogP contribution is -3.61. The fourth-order valence-electron chi connectivity index (χ4n) is 3.08. The molecule has 0 aliphatic heterocycles. The molecule has 34 heavy (non-hydrogen) atoms. The highest BCUT2D eigenvalue weighted by Crippen LogP contribution is 2.29. The second kappa shape index (κ2) is 10.3. The predicted molar refractivity (Wildman–Crippen MR) is 130 cm³/mol. The molecule has 0 spiro atoms. The van der Waals surface area contributed by atoms with Gasteiger partial charge in [0.05, 0.1) is 23.5 Å². The molecule has 0 saturated carbocycles. The molecule has 4 aromatic rings. The van der Waals surface area contributed by atoms with E-state index in [9.17, 15) is 9.59 Å². The van der Waals surface area contributed by atoms with Gasteiger partial charge in [-0.2, -0.15) is 0 Å². The molecular formula is C24H23IN5O3S+. The largest absolute Gasteiger partial charge is 0.497 e. The van der Waals surface area contributed by atoms with Crippen LogP contribution in [0.4, 0.5) is 15.6 Å². The van der Waals surface area contributed by atoms with Crippen LogP contribution in [0.2, 0.25) is 0 Å². The highest BCUT2D eigenvalue weighted by molar-refractivity contribution is 7.22. The van der Waals surface area contributed by atoms with E-state index in [1.54, 1.807) is 45.4 Å². The summed E-state index contributed by atoms with van der Waals surface area (Å²) in [6.45, 7) is 0. The quantitative estimate of drug-likeness (QED) is 0.343. The van der Waals surface area contributed by atoms with E-state index in [0.717, 1.165) is 25.2 Å². The van der Waals surface area contributed by atoms with Crippen molar-refractivity contribution in [2.45, 2.75) is 0 Å². The van der Waals surface area contributed by atoms with Crippen molar-refractivity contribution in [1.82, 2.24) is 14.9 Å². The van der Waals surface area contributed by atoms with Crippen LogP contribution in [0.25, 0.3) is 10.2 Å². The molecule has 174 valence electrons. The first kappa shape index (κ1) is 23.9. The molecule has 2 aromatic carbocycles. The maximum atomic E-state index is 12.6. The minimum atomic E-state index is -0.464. The molecule has 2 aromatic heterocycles. The van der Waals surface area contributed by atoms with Gasteiger partial charge in [0.25, 0.3) is 5.91 Å². The highest BCUT2D eigenvalue weighted by atomic mass is 127. The van der Waals surface area contributed by atoms with Gasteiger partial charge < -0.3 is 9.64 Å². The molecule has 0 aliphatic rings. The number of thiazole rings is 1. The number of fused-ring (bicyclic) bond motifs is 1. The van der Waals surface area contributed by atoms with Crippen molar-refractivity contribution >= 4 is 44.3 Å². The summed E-state index contributed by atoms with van der Waals surface area (Å²) in [5, 5.41) is 3.34. The molecule has 8 nitrogen and oxygen atoms in total. The fourth-order valence-corrected chi connectivity index (χ4v) is 6.04. The summed E-state index contributed by atoms with van der Waals surface area (Å²) in [6, 6.07) is 17.1. The van der Waals surface area contributed by atoms with Crippen molar-refractivity contribution in [3.8, 4) is 5.75 Å². The molecule has 1 N–H and O–H groups in total. The minimum Gasteiger partial charge on any atom is -0.497 e. The molecule has 0 saturated heterocycles. The molecule has 10 heteroatoms. The van der Waals surface area contributed by atoms with Gasteiger partial charge in [-0.25, -0.2) is 14.8 Å². The smallest absolute Gasteiger partial charge is 0.359 e. The average molecular weight is 588 g/mol. The zero-order valence-electron chi connectivity index (χ0n) is 19.1. The first-order valence-electron chi connectivity index (χ1n) is 10.3. The Labute approximate surface area is 211 Å². The van der Waals surface area contributed by atoms with Gasteiger partial charge in [-0.05, 0) is 54.6 Å². The Bertz CT molecular complexity index is 1320. The normalized spacial score (nSPS) is 10.7. The number of anilines is 2. The number of halogens is 1. The van der Waals surface area contributed by atoms with Crippen molar-refractivity contribution in [2.75, 3.05) is 38.5 Å². The third-order valence-electron chi connectivity index (χ3n) is 4.88. The second-order valence-corrected chi connectivity index (χ2v) is 11.5. The summed E-state index contributed by atoms with van der Waals surface area (Å²) >= 11 is 0.925. The van der Waals surface area contributed by atoms with Crippen LogP contribution in [0.15, 0.2) is 60.8 Å². The number of hydrogen-bond acceptors (Lipinski definition) is 6. The van der Waals surface area contributed by atoms with Crippen LogP contribution >= 0.6 is 11.3 Å². The van der Waals surface area contributed by atoms with E-state index in [2.05, 4.69) is 15.3 Å². The number of carbonyl (C=O) groups excluding carboxylic acids is 2. The van der Waals surface area contributed by atoms with Gasteiger partial charge in [0.15, 0.2) is 8.70 Å². The number of benzene rings is 2. The number of nitrogens with one attached hydrogen (secondary N) is 1. The first-order chi connectivity index (χ1) is 16.3. The SMILES string of the molecule is COc1ccc2nc(NC(=O)c3ccc([I+]c4ccc(N(C)C(=O)N(C)C)cc4)cn3)sc2c1. The molecule has 0 aliphatic carbocycles. The maximum Gasteiger partial charge on any atom is 0.359 e. The Hall–Kier alpha value is -3.25. The molecule has 0 fully saturated rings. The van der Waals surface area contributed by atoms with Gasteiger partial charge in [0.2, 0.25) is 3.57 Å². The number of urea groups is 1. The van der Waals surface area contributed by atoms with Gasteiger partial charge in [-0.3, -0.25) is 15.0 Å². The molecule has 4 rings (SSSR count). The number of hydrogen-bond donors (Lipinski definition) is 1. The number of aromatic nitrogens is 2. The summed E-state index contributed by atoms with van der Waals surface area (Å²) < 4.78 is 8.46. The van der Waals surface area contributed by atoms with Crippen LogP contribution in [0.5, 0.6) is 5.75 Å². The molecule has 0 unspecified atom stereocenters. The van der Waals surface area contributed by atoms with Crippen molar-refractivity contribution in [3.63, 3.8) is 0 Å². The number of carbonyl (C=O) groups is 2. The van der Waals surface area contributed by atoms with Crippen LogP contribution in [-0.2, 0) is 0 Å². The van der Waals surface area contributed by atoms with Crippen molar-refractivity contribution in [1.29, 1.82) is 0 Å². The summed E-state index contributed by atoms with van der Waals surface area (Å²) in [6.07, 6.45) is 1.75. The zero-order chi connectivity index (χ0) is 24.2. The Morgan fingerprint density at radius 2 is 1.74 bits per heavy atom. The summed E-state index contributed by atoms with van der Waals surface area (Å²) in [4.78, 5) is 36.7. The number of methoxy groups -OCH3 is 1. The molecule has 2 heterocycles. The minimum absolute atomic E-state index is 0.0777. The van der Waals surface area contributed by atoms with Crippen LogP contribution < -0.4 is 36.2 Å². The van der Waals surface area contributed by atoms with Crippen molar-refractivity contribution < 1.29 is 35.5 Å². The Kier molecular flexibility index (Phi) is 7.27. The van der Waals surface area contributed by atoms with Crippen LogP contribution in [0, 0.1) is 7.14 Å². The average Bonchev–Trinajstić information content (AvgIpc) is 3.25. The van der Waals surface area contributed by atoms with Gasteiger partial charge in [-0.1, -0.05) is 11.3 Å². The highest BCUT2D eigenvalue weighted by Gasteiger charge is 2.19. The lowest BCUT2D eigenvalue weighted by Gasteiger charge is -2.21. The van der Waals surface area contributed by atoms with Crippen LogP contribution in [0.3, 0.4) is 0 Å². The predicted octanol–water partition coefficient (Wildman–Crippen LogP) is 1.20. The van der Waals surface area contributed by atoms with Crippen LogP contribution in [0.1, 0.15) is 10.5 Å². The van der Waals surface area contributed by atoms with Crippen molar-refractivity contribution in [3.05, 3.63) is 73.6 Å². The zero-order valence-corrected chi connectivity index (χ0v) is 22.0. The summed E-state index contributed by atoms with van der Waals surface area (Å²) in [7, 11) is 6.83. The Balaban J connectivity index is 1.39. The standard InChI is InChI=1S/C24H22IN5O3S/c1-29(2)24(32)30(3)17-8-5-15(6-9-17)25-16-7-11-20(26-14-16)22(31)28-23-27-19-12-10-18(33-4)13-21(19)34-23/h5-14H,1-4H3/p+1.